The number of carbonyl (C=O) groups excluding carboxylic acids is 2. The number of aryl methyl sites for hydroxylation is 1. The van der Waals surface area contributed by atoms with Crippen LogP contribution in [0.25, 0.3) is 0 Å². The molecule has 5 nitrogen and oxygen atoms in total. The fourth-order valence-corrected chi connectivity index (χ4v) is 1.61. The van der Waals surface area contributed by atoms with Gasteiger partial charge >= 0.3 is 0 Å². The number of hydrogen-bond acceptors (Lipinski definition) is 3. The highest BCUT2D eigenvalue weighted by atomic mass is 16.5. The first-order chi connectivity index (χ1) is 9.06. The monoisotopic (exact) mass is 264 g/mol. The zero-order valence-electron chi connectivity index (χ0n) is 11.6. The molecule has 0 heterocycles. The molecule has 0 atom stereocenters. The van der Waals surface area contributed by atoms with Gasteiger partial charge in [0, 0.05) is 6.42 Å². The van der Waals surface area contributed by atoms with E-state index in [-0.39, 0.29) is 18.4 Å². The van der Waals surface area contributed by atoms with Crippen LogP contribution >= 0.6 is 0 Å². The highest BCUT2D eigenvalue weighted by Gasteiger charge is 2.08. The highest BCUT2D eigenvalue weighted by Crippen LogP contribution is 2.24. The Balaban J connectivity index is 2.57. The van der Waals surface area contributed by atoms with Crippen LogP contribution in [0.1, 0.15) is 25.3 Å². The van der Waals surface area contributed by atoms with E-state index in [1.165, 1.54) is 0 Å². The van der Waals surface area contributed by atoms with Gasteiger partial charge in [-0.15, -0.1) is 0 Å². The fraction of sp³-hybridized carbons (Fsp3) is 0.429. The number of benzene rings is 1. The summed E-state index contributed by atoms with van der Waals surface area (Å²) in [6, 6.07) is 5.52. The molecule has 0 saturated heterocycles. The summed E-state index contributed by atoms with van der Waals surface area (Å²) in [7, 11) is 1.54. The van der Waals surface area contributed by atoms with Crippen molar-refractivity contribution in [1.82, 2.24) is 5.32 Å². The summed E-state index contributed by atoms with van der Waals surface area (Å²) in [5.74, 6) is 0.209. The van der Waals surface area contributed by atoms with E-state index < -0.39 is 0 Å². The van der Waals surface area contributed by atoms with Crippen LogP contribution < -0.4 is 15.4 Å². The Bertz CT molecular complexity index is 458. The molecule has 19 heavy (non-hydrogen) atoms. The van der Waals surface area contributed by atoms with E-state index in [9.17, 15) is 9.59 Å². The Kier molecular flexibility index (Phi) is 5.85. The van der Waals surface area contributed by atoms with Crippen molar-refractivity contribution in [1.29, 1.82) is 0 Å². The Labute approximate surface area is 113 Å². The Morgan fingerprint density at radius 2 is 2.00 bits per heavy atom. The third-order valence-electron chi connectivity index (χ3n) is 2.55. The molecule has 0 spiro atoms. The van der Waals surface area contributed by atoms with Gasteiger partial charge in [0.2, 0.25) is 11.8 Å². The van der Waals surface area contributed by atoms with Crippen molar-refractivity contribution < 1.29 is 14.3 Å². The van der Waals surface area contributed by atoms with Crippen molar-refractivity contribution in [3.05, 3.63) is 23.8 Å². The maximum absolute atomic E-state index is 11.7. The van der Waals surface area contributed by atoms with Crippen LogP contribution in [0.15, 0.2) is 18.2 Å². The van der Waals surface area contributed by atoms with Crippen LogP contribution in [0.5, 0.6) is 5.75 Å². The average molecular weight is 264 g/mol. The molecule has 2 amide bonds. The second kappa shape index (κ2) is 7.41. The third kappa shape index (κ3) is 4.99. The number of rotatable bonds is 6. The van der Waals surface area contributed by atoms with Gasteiger partial charge in [-0.3, -0.25) is 9.59 Å². The van der Waals surface area contributed by atoms with Gasteiger partial charge < -0.3 is 15.4 Å². The second-order valence-corrected chi connectivity index (χ2v) is 4.28. The number of anilines is 1. The number of hydrogen-bond donors (Lipinski definition) is 2. The molecule has 0 fully saturated rings. The van der Waals surface area contributed by atoms with Crippen LogP contribution in [0.3, 0.4) is 0 Å². The van der Waals surface area contributed by atoms with E-state index in [1.807, 2.05) is 26.0 Å². The van der Waals surface area contributed by atoms with Crippen molar-refractivity contribution >= 4 is 17.5 Å². The lowest BCUT2D eigenvalue weighted by Gasteiger charge is -2.11. The van der Waals surface area contributed by atoms with Crippen LogP contribution in [-0.2, 0) is 9.59 Å². The number of nitrogens with one attached hydrogen (secondary N) is 2. The Morgan fingerprint density at radius 1 is 1.26 bits per heavy atom. The molecular weight excluding hydrogens is 244 g/mol. The van der Waals surface area contributed by atoms with Gasteiger partial charge in [0.05, 0.1) is 19.3 Å². The molecule has 1 aromatic rings. The van der Waals surface area contributed by atoms with Crippen molar-refractivity contribution in [2.75, 3.05) is 19.0 Å². The number of methoxy groups -OCH3 is 1. The second-order valence-electron chi connectivity index (χ2n) is 4.28. The SMILES string of the molecule is CCCC(=O)NCC(=O)Nc1cc(C)ccc1OC. The largest absolute Gasteiger partial charge is 0.495 e. The van der Waals surface area contributed by atoms with Crippen LogP contribution in [0.4, 0.5) is 5.69 Å². The van der Waals surface area contributed by atoms with Gasteiger partial charge in [-0.25, -0.2) is 0 Å². The molecule has 0 saturated carbocycles. The standard InChI is InChI=1S/C14H20N2O3/c1-4-5-13(17)15-9-14(18)16-11-8-10(2)6-7-12(11)19-3/h6-8H,4-5,9H2,1-3H3,(H,15,17)(H,16,18). The lowest BCUT2D eigenvalue weighted by atomic mass is 10.2. The maximum Gasteiger partial charge on any atom is 0.243 e. The molecule has 0 aliphatic carbocycles. The first-order valence-electron chi connectivity index (χ1n) is 6.28. The highest BCUT2D eigenvalue weighted by molar-refractivity contribution is 5.95. The van der Waals surface area contributed by atoms with E-state index in [0.29, 0.717) is 17.9 Å². The summed E-state index contributed by atoms with van der Waals surface area (Å²) in [5.41, 5.74) is 1.63. The van der Waals surface area contributed by atoms with Crippen molar-refractivity contribution in [2.45, 2.75) is 26.7 Å². The number of carbonyl (C=O) groups is 2. The predicted octanol–water partition coefficient (Wildman–Crippen LogP) is 1.86. The quantitative estimate of drug-likeness (QED) is 0.824. The van der Waals surface area contributed by atoms with E-state index in [0.717, 1.165) is 12.0 Å². The molecule has 0 aliphatic heterocycles. The molecule has 1 rings (SSSR count). The van der Waals surface area contributed by atoms with Gasteiger partial charge in [-0.05, 0) is 31.0 Å². The minimum absolute atomic E-state index is 0.0318. The van der Waals surface area contributed by atoms with E-state index >= 15 is 0 Å². The molecule has 0 unspecified atom stereocenters. The normalized spacial score (nSPS) is 9.84. The van der Waals surface area contributed by atoms with Crippen LogP contribution in [0, 0.1) is 6.92 Å². The van der Waals surface area contributed by atoms with Crippen LogP contribution in [0.2, 0.25) is 0 Å². The summed E-state index contributed by atoms with van der Waals surface area (Å²) in [4.78, 5) is 23.0. The number of amides is 2. The van der Waals surface area contributed by atoms with Gasteiger partial charge in [-0.2, -0.15) is 0 Å². The lowest BCUT2D eigenvalue weighted by Crippen LogP contribution is -2.32. The maximum atomic E-state index is 11.7. The molecule has 104 valence electrons. The summed E-state index contributed by atoms with van der Waals surface area (Å²) in [5, 5.41) is 5.28. The first-order valence-corrected chi connectivity index (χ1v) is 6.28. The van der Waals surface area contributed by atoms with E-state index in [1.54, 1.807) is 13.2 Å². The van der Waals surface area contributed by atoms with E-state index in [2.05, 4.69) is 10.6 Å². The zero-order chi connectivity index (χ0) is 14.3. The topological polar surface area (TPSA) is 67.4 Å². The summed E-state index contributed by atoms with van der Waals surface area (Å²) < 4.78 is 5.16. The van der Waals surface area contributed by atoms with Gasteiger partial charge in [0.1, 0.15) is 5.75 Å². The molecule has 0 aliphatic rings. The molecule has 0 aromatic heterocycles. The molecule has 0 radical (unpaired) electrons. The fourth-order valence-electron chi connectivity index (χ4n) is 1.61. The molecule has 2 N–H and O–H groups in total. The van der Waals surface area contributed by atoms with E-state index in [4.69, 9.17) is 4.74 Å². The first kappa shape index (κ1) is 15.0. The predicted molar refractivity (Wildman–Crippen MR) is 74.3 cm³/mol. The molecular formula is C14H20N2O3. The van der Waals surface area contributed by atoms with Gasteiger partial charge in [-0.1, -0.05) is 13.0 Å². The van der Waals surface area contributed by atoms with Crippen molar-refractivity contribution in [2.24, 2.45) is 0 Å². The minimum Gasteiger partial charge on any atom is -0.495 e. The van der Waals surface area contributed by atoms with Crippen LogP contribution in [-0.4, -0.2) is 25.5 Å². The lowest BCUT2D eigenvalue weighted by molar-refractivity contribution is -0.124. The molecule has 1 aromatic carbocycles. The van der Waals surface area contributed by atoms with Crippen molar-refractivity contribution in [3.8, 4) is 5.75 Å². The van der Waals surface area contributed by atoms with Crippen molar-refractivity contribution in [3.63, 3.8) is 0 Å². The minimum atomic E-state index is -0.270. The smallest absolute Gasteiger partial charge is 0.243 e. The summed E-state index contributed by atoms with van der Waals surface area (Å²) in [6.45, 7) is 3.81. The van der Waals surface area contributed by atoms with Gasteiger partial charge in [0.15, 0.2) is 0 Å². The third-order valence-corrected chi connectivity index (χ3v) is 2.55. The van der Waals surface area contributed by atoms with Gasteiger partial charge in [0.25, 0.3) is 0 Å². The number of ether oxygens (including phenoxy) is 1. The Hall–Kier alpha value is -2.04. The molecule has 5 heteroatoms. The Morgan fingerprint density at radius 3 is 2.63 bits per heavy atom. The zero-order valence-corrected chi connectivity index (χ0v) is 11.6. The summed E-state index contributed by atoms with van der Waals surface area (Å²) >= 11 is 0. The summed E-state index contributed by atoms with van der Waals surface area (Å²) in [6.07, 6.45) is 1.19. The average Bonchev–Trinajstić information content (AvgIpc) is 2.37. The molecule has 0 bridgehead atoms.